The molecule has 4 rings (SSSR count). The van der Waals surface area contributed by atoms with Crippen LogP contribution in [0.5, 0.6) is 17.2 Å². The second-order valence-corrected chi connectivity index (χ2v) is 7.96. The lowest BCUT2D eigenvalue weighted by Crippen LogP contribution is -2.35. The second kappa shape index (κ2) is 7.91. The molecule has 0 radical (unpaired) electrons. The summed E-state index contributed by atoms with van der Waals surface area (Å²) < 4.78 is 17.8. The highest BCUT2D eigenvalue weighted by Gasteiger charge is 2.35. The first-order valence-electron chi connectivity index (χ1n) is 10.2. The first-order valence-corrected chi connectivity index (χ1v) is 10.2. The molecule has 2 aliphatic heterocycles. The molecule has 0 aliphatic carbocycles. The maximum Gasteiger partial charge on any atom is 0.232 e. The van der Waals surface area contributed by atoms with Gasteiger partial charge in [0, 0.05) is 18.7 Å². The maximum atomic E-state index is 13.1. The van der Waals surface area contributed by atoms with Crippen molar-refractivity contribution in [1.29, 1.82) is 0 Å². The molecule has 0 atom stereocenters. The summed E-state index contributed by atoms with van der Waals surface area (Å²) in [5, 5.41) is 0. The molecule has 0 amide bonds. The molecule has 0 aromatic heterocycles. The van der Waals surface area contributed by atoms with Gasteiger partial charge in [0.05, 0.1) is 17.7 Å². The van der Waals surface area contributed by atoms with E-state index >= 15 is 0 Å². The number of Topliss-reactive ketones (excluding diaryl/α,β-unsaturated/α-hetero) is 1. The average Bonchev–Trinajstić information content (AvgIpc) is 3.01. The Morgan fingerprint density at radius 3 is 2.83 bits per heavy atom. The molecular weight excluding hydrogens is 366 g/mol. The number of carbonyl (C=O) groups excluding carboxylic acids is 1. The van der Waals surface area contributed by atoms with Crippen molar-refractivity contribution in [3.63, 3.8) is 0 Å². The van der Waals surface area contributed by atoms with Gasteiger partial charge in [-0.1, -0.05) is 32.0 Å². The average molecular weight is 393 g/mol. The van der Waals surface area contributed by atoms with Gasteiger partial charge in [-0.2, -0.15) is 0 Å². The molecule has 2 aromatic rings. The van der Waals surface area contributed by atoms with Gasteiger partial charge < -0.3 is 14.2 Å². The minimum atomic E-state index is -0.0902. The van der Waals surface area contributed by atoms with Crippen molar-refractivity contribution in [1.82, 2.24) is 4.90 Å². The number of para-hydroxylation sites is 1. The fourth-order valence-electron chi connectivity index (χ4n) is 3.94. The number of hydrogen-bond donors (Lipinski definition) is 0. The van der Waals surface area contributed by atoms with Crippen LogP contribution in [0.4, 0.5) is 0 Å². The van der Waals surface area contributed by atoms with Crippen molar-refractivity contribution in [2.45, 2.75) is 34.2 Å². The Morgan fingerprint density at radius 2 is 2.07 bits per heavy atom. The van der Waals surface area contributed by atoms with Gasteiger partial charge in [0.2, 0.25) is 5.78 Å². The third-order valence-electron chi connectivity index (χ3n) is 5.12. The van der Waals surface area contributed by atoms with Gasteiger partial charge in [-0.25, -0.2) is 0 Å². The number of allylic oxidation sites excluding steroid dienone is 1. The lowest BCUT2D eigenvalue weighted by molar-refractivity contribution is 0.0831. The Kier molecular flexibility index (Phi) is 5.33. The van der Waals surface area contributed by atoms with E-state index in [9.17, 15) is 4.79 Å². The van der Waals surface area contributed by atoms with Crippen LogP contribution in [0.2, 0.25) is 0 Å². The van der Waals surface area contributed by atoms with E-state index in [1.54, 1.807) is 6.08 Å². The van der Waals surface area contributed by atoms with E-state index in [1.807, 2.05) is 44.2 Å². The number of carbonyl (C=O) groups is 1. The Morgan fingerprint density at radius 1 is 1.28 bits per heavy atom. The predicted molar refractivity (Wildman–Crippen MR) is 112 cm³/mol. The van der Waals surface area contributed by atoms with Crippen molar-refractivity contribution in [2.75, 3.05) is 19.9 Å². The second-order valence-electron chi connectivity index (χ2n) is 7.96. The minimum absolute atomic E-state index is 0.0902. The summed E-state index contributed by atoms with van der Waals surface area (Å²) in [5.41, 5.74) is 3.29. The van der Waals surface area contributed by atoms with Crippen molar-refractivity contribution in [3.8, 4) is 17.2 Å². The molecule has 2 aliphatic rings. The van der Waals surface area contributed by atoms with Gasteiger partial charge in [-0.3, -0.25) is 9.69 Å². The highest BCUT2D eigenvalue weighted by atomic mass is 16.5. The monoisotopic (exact) mass is 393 g/mol. The summed E-state index contributed by atoms with van der Waals surface area (Å²) in [6.07, 6.45) is 1.77. The van der Waals surface area contributed by atoms with E-state index in [2.05, 4.69) is 18.7 Å². The van der Waals surface area contributed by atoms with E-state index in [0.717, 1.165) is 34.7 Å². The highest BCUT2D eigenvalue weighted by Crippen LogP contribution is 2.44. The van der Waals surface area contributed by atoms with Crippen LogP contribution >= 0.6 is 0 Å². The first-order chi connectivity index (χ1) is 14.0. The fraction of sp³-hybridized carbons (Fsp3) is 0.375. The molecule has 0 spiro atoms. The molecular formula is C24H27NO4. The normalized spacial score (nSPS) is 17.1. The number of ether oxygens (including phenoxy) is 3. The van der Waals surface area contributed by atoms with Crippen molar-refractivity contribution < 1.29 is 19.0 Å². The molecule has 0 unspecified atom stereocenters. The molecule has 0 saturated heterocycles. The van der Waals surface area contributed by atoms with E-state index in [1.165, 1.54) is 0 Å². The van der Waals surface area contributed by atoms with E-state index < -0.39 is 0 Å². The van der Waals surface area contributed by atoms with Crippen LogP contribution in [0, 0.1) is 12.8 Å². The summed E-state index contributed by atoms with van der Waals surface area (Å²) in [7, 11) is 0. The number of aryl methyl sites for hydroxylation is 1. The van der Waals surface area contributed by atoms with Gasteiger partial charge in [-0.05, 0) is 43.5 Å². The van der Waals surface area contributed by atoms with Crippen molar-refractivity contribution in [3.05, 3.63) is 58.3 Å². The molecule has 5 heteroatoms. The zero-order valence-electron chi connectivity index (χ0n) is 17.5. The summed E-state index contributed by atoms with van der Waals surface area (Å²) >= 11 is 0. The molecule has 2 aromatic carbocycles. The Bertz CT molecular complexity index is 977. The summed E-state index contributed by atoms with van der Waals surface area (Å²) in [6.45, 7) is 11.0. The van der Waals surface area contributed by atoms with E-state index in [0.29, 0.717) is 42.9 Å². The standard InChI is InChI=1S/C24H27NO4/c1-5-27-19-9-7-6-8-17(19)11-21-23(26)22-16(4)10-20-18(24(22)29-21)13-25(14-28-20)12-15(2)3/h6-11,15H,5,12-14H2,1-4H3/b21-11-. The minimum Gasteiger partial charge on any atom is -0.493 e. The topological polar surface area (TPSA) is 48.0 Å². The number of nitrogens with zero attached hydrogens (tertiary/aromatic N) is 1. The van der Waals surface area contributed by atoms with Crippen molar-refractivity contribution in [2.24, 2.45) is 5.92 Å². The number of fused-ring (bicyclic) bond motifs is 3. The van der Waals surface area contributed by atoms with Crippen LogP contribution in [-0.4, -0.2) is 30.6 Å². The van der Waals surface area contributed by atoms with Crippen LogP contribution < -0.4 is 14.2 Å². The summed E-state index contributed by atoms with van der Waals surface area (Å²) in [6, 6.07) is 9.62. The van der Waals surface area contributed by atoms with Gasteiger partial charge >= 0.3 is 0 Å². The van der Waals surface area contributed by atoms with Crippen LogP contribution in [0.25, 0.3) is 6.08 Å². The zero-order valence-corrected chi connectivity index (χ0v) is 17.5. The molecule has 2 heterocycles. The zero-order chi connectivity index (χ0) is 20.5. The van der Waals surface area contributed by atoms with E-state index in [-0.39, 0.29) is 5.78 Å². The van der Waals surface area contributed by atoms with Crippen LogP contribution in [-0.2, 0) is 6.54 Å². The Balaban J connectivity index is 1.71. The third kappa shape index (κ3) is 3.75. The van der Waals surface area contributed by atoms with Crippen LogP contribution in [0.15, 0.2) is 36.1 Å². The largest absolute Gasteiger partial charge is 0.493 e. The van der Waals surface area contributed by atoms with Gasteiger partial charge in [0.15, 0.2) is 5.76 Å². The highest BCUT2D eigenvalue weighted by molar-refractivity contribution is 6.16. The molecule has 0 saturated carbocycles. The third-order valence-corrected chi connectivity index (χ3v) is 5.12. The lowest BCUT2D eigenvalue weighted by atomic mass is 9.98. The van der Waals surface area contributed by atoms with Crippen LogP contribution in [0.1, 0.15) is 47.8 Å². The van der Waals surface area contributed by atoms with Gasteiger partial charge in [-0.15, -0.1) is 0 Å². The molecule has 0 bridgehead atoms. The SMILES string of the molecule is CCOc1ccccc1/C=C1\Oc2c3c(cc(C)c2C1=O)OCN(CC(C)C)C3. The number of rotatable bonds is 5. The van der Waals surface area contributed by atoms with E-state index in [4.69, 9.17) is 14.2 Å². The summed E-state index contributed by atoms with van der Waals surface area (Å²) in [4.78, 5) is 15.4. The molecule has 152 valence electrons. The van der Waals surface area contributed by atoms with Crippen molar-refractivity contribution >= 4 is 11.9 Å². The van der Waals surface area contributed by atoms with Gasteiger partial charge in [0.25, 0.3) is 0 Å². The van der Waals surface area contributed by atoms with Gasteiger partial charge in [0.1, 0.15) is 24.0 Å². The predicted octanol–water partition coefficient (Wildman–Crippen LogP) is 4.82. The number of ketones is 1. The molecule has 5 nitrogen and oxygen atoms in total. The summed E-state index contributed by atoms with van der Waals surface area (Å²) in [5.74, 6) is 2.95. The Labute approximate surface area is 171 Å². The lowest BCUT2D eigenvalue weighted by Gasteiger charge is -2.31. The maximum absolute atomic E-state index is 13.1. The Hall–Kier alpha value is -2.79. The molecule has 29 heavy (non-hydrogen) atoms. The number of hydrogen-bond acceptors (Lipinski definition) is 5. The van der Waals surface area contributed by atoms with Crippen LogP contribution in [0.3, 0.4) is 0 Å². The first kappa shape index (κ1) is 19.5. The smallest absolute Gasteiger partial charge is 0.232 e. The quantitative estimate of drug-likeness (QED) is 0.682. The molecule has 0 fully saturated rings. The number of benzene rings is 2. The molecule has 0 N–H and O–H groups in total. The fourth-order valence-corrected chi connectivity index (χ4v) is 3.94.